The van der Waals surface area contributed by atoms with Gasteiger partial charge >= 0.3 is 0 Å². The van der Waals surface area contributed by atoms with Gasteiger partial charge in [0.25, 0.3) is 0 Å². The Labute approximate surface area is 166 Å². The summed E-state index contributed by atoms with van der Waals surface area (Å²) in [4.78, 5) is 12.4. The minimum atomic E-state index is -3.51. The minimum absolute atomic E-state index is 0.0591. The van der Waals surface area contributed by atoms with Crippen molar-refractivity contribution in [2.45, 2.75) is 25.7 Å². The Hall–Kier alpha value is -2.58. The monoisotopic (exact) mass is 405 g/mol. The number of anilines is 2. The van der Waals surface area contributed by atoms with Gasteiger partial charge in [-0.2, -0.15) is 4.31 Å². The Bertz CT molecular complexity index is 879. The first kappa shape index (κ1) is 21.7. The number of nitrogens with one attached hydrogen (secondary N) is 2. The number of nitrogens with zero attached hydrogens (tertiary/aromatic N) is 1. The predicted octanol–water partition coefficient (Wildman–Crippen LogP) is 3.17. The molecule has 28 heavy (non-hydrogen) atoms. The summed E-state index contributed by atoms with van der Waals surface area (Å²) in [5.41, 5.74) is 1.27. The van der Waals surface area contributed by atoms with Crippen LogP contribution in [-0.2, 0) is 14.8 Å². The number of hydrogen-bond donors (Lipinski definition) is 2. The molecule has 0 saturated heterocycles. The fraction of sp³-hybridized carbons (Fsp3) is 0.350. The minimum Gasteiger partial charge on any atom is -0.492 e. The van der Waals surface area contributed by atoms with E-state index in [0.717, 1.165) is 5.69 Å². The van der Waals surface area contributed by atoms with Gasteiger partial charge in [-0.15, -0.1) is 0 Å². The largest absolute Gasteiger partial charge is 0.492 e. The summed E-state index contributed by atoms with van der Waals surface area (Å²) in [6.07, 6.45) is 0. The van der Waals surface area contributed by atoms with Gasteiger partial charge in [0, 0.05) is 18.8 Å². The lowest BCUT2D eigenvalue weighted by Crippen LogP contribution is -2.30. The van der Waals surface area contributed by atoms with Gasteiger partial charge in [-0.1, -0.05) is 26.0 Å². The summed E-state index contributed by atoms with van der Waals surface area (Å²) in [6, 6.07) is 13.6. The second-order valence-electron chi connectivity index (χ2n) is 5.94. The van der Waals surface area contributed by atoms with Crippen LogP contribution in [0.1, 0.15) is 20.8 Å². The standard InChI is InChI=1S/C20H27N3O4S/c1-4-23(5-2)28(25,26)17-13-11-16(12-14-17)22-20(24)15-21-18-9-7-8-10-19(18)27-6-3/h7-14,21H,4-6,15H2,1-3H3,(H,22,24). The average molecular weight is 406 g/mol. The molecule has 7 nitrogen and oxygen atoms in total. The molecule has 0 fully saturated rings. The number of amides is 1. The van der Waals surface area contributed by atoms with Crippen LogP contribution in [0.25, 0.3) is 0 Å². The number of para-hydroxylation sites is 2. The summed E-state index contributed by atoms with van der Waals surface area (Å²) >= 11 is 0. The highest BCUT2D eigenvalue weighted by Gasteiger charge is 2.21. The fourth-order valence-electron chi connectivity index (χ4n) is 2.70. The van der Waals surface area contributed by atoms with Crippen molar-refractivity contribution < 1.29 is 17.9 Å². The first-order valence-electron chi connectivity index (χ1n) is 9.28. The molecule has 0 unspecified atom stereocenters. The molecule has 0 atom stereocenters. The lowest BCUT2D eigenvalue weighted by atomic mass is 10.3. The fourth-order valence-corrected chi connectivity index (χ4v) is 4.16. The summed E-state index contributed by atoms with van der Waals surface area (Å²) < 4.78 is 31.9. The summed E-state index contributed by atoms with van der Waals surface area (Å²) in [7, 11) is -3.51. The van der Waals surface area contributed by atoms with Crippen molar-refractivity contribution in [1.82, 2.24) is 4.31 Å². The van der Waals surface area contributed by atoms with E-state index in [0.29, 0.717) is 31.1 Å². The summed E-state index contributed by atoms with van der Waals surface area (Å²) in [6.45, 7) is 6.90. The van der Waals surface area contributed by atoms with Crippen LogP contribution in [0, 0.1) is 0 Å². The highest BCUT2D eigenvalue weighted by Crippen LogP contribution is 2.23. The SMILES string of the molecule is CCOc1ccccc1NCC(=O)Nc1ccc(S(=O)(=O)N(CC)CC)cc1. The number of carbonyl (C=O) groups is 1. The van der Waals surface area contributed by atoms with Crippen LogP contribution in [0.5, 0.6) is 5.75 Å². The third kappa shape index (κ3) is 5.46. The van der Waals surface area contributed by atoms with Crippen LogP contribution >= 0.6 is 0 Å². The Balaban J connectivity index is 1.98. The van der Waals surface area contributed by atoms with Crippen molar-refractivity contribution in [1.29, 1.82) is 0 Å². The van der Waals surface area contributed by atoms with Crippen LogP contribution in [0.3, 0.4) is 0 Å². The lowest BCUT2D eigenvalue weighted by molar-refractivity contribution is -0.114. The van der Waals surface area contributed by atoms with E-state index in [1.807, 2.05) is 31.2 Å². The molecule has 0 aliphatic carbocycles. The van der Waals surface area contributed by atoms with Gasteiger partial charge in [0.05, 0.1) is 23.7 Å². The van der Waals surface area contributed by atoms with E-state index in [4.69, 9.17) is 4.74 Å². The van der Waals surface area contributed by atoms with Gasteiger partial charge in [0.2, 0.25) is 15.9 Å². The second kappa shape index (κ2) is 10.1. The van der Waals surface area contributed by atoms with E-state index in [-0.39, 0.29) is 17.3 Å². The van der Waals surface area contributed by atoms with Gasteiger partial charge in [0.15, 0.2) is 0 Å². The molecule has 2 N–H and O–H groups in total. The van der Waals surface area contributed by atoms with Crippen LogP contribution in [0.15, 0.2) is 53.4 Å². The first-order chi connectivity index (χ1) is 13.4. The van der Waals surface area contributed by atoms with Crippen molar-refractivity contribution in [3.63, 3.8) is 0 Å². The number of sulfonamides is 1. The Morgan fingerprint density at radius 2 is 1.64 bits per heavy atom. The Morgan fingerprint density at radius 3 is 2.25 bits per heavy atom. The molecule has 2 rings (SSSR count). The molecule has 0 radical (unpaired) electrons. The molecular formula is C20H27N3O4S. The molecule has 0 aliphatic rings. The number of carbonyl (C=O) groups excluding carboxylic acids is 1. The maximum Gasteiger partial charge on any atom is 0.243 e. The zero-order valence-electron chi connectivity index (χ0n) is 16.4. The molecule has 0 aliphatic heterocycles. The molecule has 0 heterocycles. The smallest absolute Gasteiger partial charge is 0.243 e. The molecular weight excluding hydrogens is 378 g/mol. The van der Waals surface area contributed by atoms with E-state index in [2.05, 4.69) is 10.6 Å². The number of rotatable bonds is 10. The number of ether oxygens (including phenoxy) is 1. The van der Waals surface area contributed by atoms with Crippen molar-refractivity contribution in [2.24, 2.45) is 0 Å². The highest BCUT2D eigenvalue weighted by molar-refractivity contribution is 7.89. The maximum atomic E-state index is 12.5. The third-order valence-electron chi connectivity index (χ3n) is 4.11. The average Bonchev–Trinajstić information content (AvgIpc) is 2.69. The number of benzene rings is 2. The van der Waals surface area contributed by atoms with Crippen LogP contribution in [0.4, 0.5) is 11.4 Å². The highest BCUT2D eigenvalue weighted by atomic mass is 32.2. The molecule has 0 aromatic heterocycles. The molecule has 152 valence electrons. The van der Waals surface area contributed by atoms with E-state index in [1.54, 1.807) is 26.0 Å². The molecule has 0 saturated carbocycles. The molecule has 1 amide bonds. The first-order valence-corrected chi connectivity index (χ1v) is 10.7. The molecule has 8 heteroatoms. The zero-order chi connectivity index (χ0) is 20.6. The van der Waals surface area contributed by atoms with Gasteiger partial charge in [0.1, 0.15) is 5.75 Å². The lowest BCUT2D eigenvalue weighted by Gasteiger charge is -2.18. The van der Waals surface area contributed by atoms with Gasteiger partial charge < -0.3 is 15.4 Å². The van der Waals surface area contributed by atoms with Crippen molar-refractivity contribution in [2.75, 3.05) is 36.9 Å². The molecule has 0 bridgehead atoms. The third-order valence-corrected chi connectivity index (χ3v) is 6.17. The van der Waals surface area contributed by atoms with E-state index < -0.39 is 10.0 Å². The van der Waals surface area contributed by atoms with E-state index >= 15 is 0 Å². The zero-order valence-corrected chi connectivity index (χ0v) is 17.3. The molecule has 2 aromatic rings. The van der Waals surface area contributed by atoms with Crippen molar-refractivity contribution in [3.05, 3.63) is 48.5 Å². The summed E-state index contributed by atoms with van der Waals surface area (Å²) in [5, 5.41) is 5.79. The van der Waals surface area contributed by atoms with Gasteiger partial charge in [-0.25, -0.2) is 8.42 Å². The van der Waals surface area contributed by atoms with E-state index in [9.17, 15) is 13.2 Å². The number of hydrogen-bond acceptors (Lipinski definition) is 5. The Kier molecular flexibility index (Phi) is 7.83. The van der Waals surface area contributed by atoms with Crippen LogP contribution in [-0.4, -0.2) is 44.9 Å². The van der Waals surface area contributed by atoms with Crippen LogP contribution in [0.2, 0.25) is 0 Å². The van der Waals surface area contributed by atoms with Crippen molar-refractivity contribution in [3.8, 4) is 5.75 Å². The second-order valence-corrected chi connectivity index (χ2v) is 7.88. The van der Waals surface area contributed by atoms with E-state index in [1.165, 1.54) is 16.4 Å². The molecule has 0 spiro atoms. The quantitative estimate of drug-likeness (QED) is 0.634. The summed E-state index contributed by atoms with van der Waals surface area (Å²) in [5.74, 6) is 0.439. The van der Waals surface area contributed by atoms with Crippen molar-refractivity contribution >= 4 is 27.3 Å². The normalized spacial score (nSPS) is 11.3. The van der Waals surface area contributed by atoms with Crippen LogP contribution < -0.4 is 15.4 Å². The molecule has 2 aromatic carbocycles. The Morgan fingerprint density at radius 1 is 1.00 bits per heavy atom. The van der Waals surface area contributed by atoms with Gasteiger partial charge in [-0.05, 0) is 43.3 Å². The topological polar surface area (TPSA) is 87.7 Å². The maximum absolute atomic E-state index is 12.5. The van der Waals surface area contributed by atoms with Gasteiger partial charge in [-0.3, -0.25) is 4.79 Å². The predicted molar refractivity (Wildman–Crippen MR) is 111 cm³/mol.